The Hall–Kier alpha value is -2.40. The number of aliphatic carboxylic acids is 1. The van der Waals surface area contributed by atoms with Gasteiger partial charge in [-0.05, 0) is 56.0 Å². The highest BCUT2D eigenvalue weighted by Crippen LogP contribution is 2.49. The molecule has 0 unspecified atom stereocenters. The van der Waals surface area contributed by atoms with E-state index in [0.717, 1.165) is 0 Å². The topological polar surface area (TPSA) is 55.8 Å². The Kier molecular flexibility index (Phi) is 4.28. The zero-order valence-electron chi connectivity index (χ0n) is 13.6. The third kappa shape index (κ3) is 3.12. The van der Waals surface area contributed by atoms with Crippen LogP contribution in [0.4, 0.5) is 4.39 Å². The molecule has 0 spiro atoms. The van der Waals surface area contributed by atoms with E-state index in [-0.39, 0.29) is 6.10 Å². The number of hydrogen-bond donors (Lipinski definition) is 1. The smallest absolute Gasteiger partial charge is 0.314 e. The third-order valence-electron chi connectivity index (χ3n) is 4.18. The van der Waals surface area contributed by atoms with E-state index in [2.05, 4.69) is 0 Å². The number of hydrogen-bond acceptors (Lipinski definition) is 3. The zero-order valence-corrected chi connectivity index (χ0v) is 13.6. The molecule has 1 N–H and O–H groups in total. The lowest BCUT2D eigenvalue weighted by Crippen LogP contribution is -2.19. The Balaban J connectivity index is 1.81. The number of carboxylic acid groups (broad SMARTS) is 1. The average molecular weight is 330 g/mol. The molecule has 126 valence electrons. The quantitative estimate of drug-likeness (QED) is 0.633. The van der Waals surface area contributed by atoms with Gasteiger partial charge in [0.1, 0.15) is 5.82 Å². The summed E-state index contributed by atoms with van der Waals surface area (Å²) >= 11 is 0. The molecule has 0 saturated heterocycles. The van der Waals surface area contributed by atoms with E-state index in [1.165, 1.54) is 6.07 Å². The van der Waals surface area contributed by atoms with E-state index in [1.54, 1.807) is 36.4 Å². The molecule has 24 heavy (non-hydrogen) atoms. The SMILES string of the molecule is CC(C)OOc1ccc(-c2ccc(C3(C(=O)O)CC3)cc2F)cc1. The summed E-state index contributed by atoms with van der Waals surface area (Å²) in [4.78, 5) is 21.5. The molecule has 4 nitrogen and oxygen atoms in total. The van der Waals surface area contributed by atoms with Crippen molar-refractivity contribution in [2.75, 3.05) is 0 Å². The maximum atomic E-state index is 14.5. The first-order chi connectivity index (χ1) is 11.4. The molecule has 2 aromatic carbocycles. The highest BCUT2D eigenvalue weighted by Gasteiger charge is 2.51. The lowest BCUT2D eigenvalue weighted by molar-refractivity contribution is -0.234. The second-order valence-corrected chi connectivity index (χ2v) is 6.33. The van der Waals surface area contributed by atoms with Gasteiger partial charge in [-0.15, -0.1) is 0 Å². The maximum Gasteiger partial charge on any atom is 0.314 e. The number of halogens is 1. The summed E-state index contributed by atoms with van der Waals surface area (Å²) in [6.07, 6.45) is 1.06. The molecule has 1 fully saturated rings. The second kappa shape index (κ2) is 6.24. The summed E-state index contributed by atoms with van der Waals surface area (Å²) in [5.74, 6) is -0.777. The Bertz CT molecular complexity index is 748. The zero-order chi connectivity index (χ0) is 17.3. The first kappa shape index (κ1) is 16.5. The summed E-state index contributed by atoms with van der Waals surface area (Å²) < 4.78 is 14.5. The van der Waals surface area contributed by atoms with Crippen molar-refractivity contribution in [1.29, 1.82) is 0 Å². The molecule has 3 rings (SSSR count). The molecule has 0 heterocycles. The molecule has 1 aliphatic carbocycles. The monoisotopic (exact) mass is 330 g/mol. The average Bonchev–Trinajstić information content (AvgIpc) is 3.35. The van der Waals surface area contributed by atoms with Crippen LogP contribution >= 0.6 is 0 Å². The van der Waals surface area contributed by atoms with E-state index in [9.17, 15) is 14.3 Å². The Morgan fingerprint density at radius 3 is 2.33 bits per heavy atom. The fourth-order valence-corrected chi connectivity index (χ4v) is 2.64. The van der Waals surface area contributed by atoms with Gasteiger partial charge in [0, 0.05) is 5.56 Å². The molecular weight excluding hydrogens is 311 g/mol. The largest absolute Gasteiger partial charge is 0.481 e. The van der Waals surface area contributed by atoms with Gasteiger partial charge in [0.05, 0.1) is 11.5 Å². The number of rotatable bonds is 6. The molecule has 1 aliphatic rings. The predicted octanol–water partition coefficient (Wildman–Crippen LogP) is 4.33. The van der Waals surface area contributed by atoms with Crippen LogP contribution in [0.1, 0.15) is 32.3 Å². The lowest BCUT2D eigenvalue weighted by Gasteiger charge is -2.12. The first-order valence-electron chi connectivity index (χ1n) is 7.89. The minimum atomic E-state index is -0.898. The van der Waals surface area contributed by atoms with Crippen LogP contribution in [0.5, 0.6) is 5.75 Å². The minimum Gasteiger partial charge on any atom is -0.481 e. The summed E-state index contributed by atoms with van der Waals surface area (Å²) in [6, 6.07) is 11.5. The molecule has 0 radical (unpaired) electrons. The van der Waals surface area contributed by atoms with Gasteiger partial charge in [0.2, 0.25) is 0 Å². The first-order valence-corrected chi connectivity index (χ1v) is 7.89. The maximum absolute atomic E-state index is 14.5. The predicted molar refractivity (Wildman–Crippen MR) is 87.2 cm³/mol. The van der Waals surface area contributed by atoms with E-state index in [1.807, 2.05) is 13.8 Å². The van der Waals surface area contributed by atoms with Crippen molar-refractivity contribution in [1.82, 2.24) is 0 Å². The van der Waals surface area contributed by atoms with Gasteiger partial charge < -0.3 is 9.99 Å². The van der Waals surface area contributed by atoms with Gasteiger partial charge in [-0.2, -0.15) is 4.89 Å². The van der Waals surface area contributed by atoms with E-state index < -0.39 is 17.2 Å². The van der Waals surface area contributed by atoms with Crippen LogP contribution in [0.3, 0.4) is 0 Å². The van der Waals surface area contributed by atoms with Crippen molar-refractivity contribution in [3.63, 3.8) is 0 Å². The van der Waals surface area contributed by atoms with Gasteiger partial charge in [-0.3, -0.25) is 4.79 Å². The van der Waals surface area contributed by atoms with Crippen molar-refractivity contribution in [2.24, 2.45) is 0 Å². The minimum absolute atomic E-state index is 0.0568. The van der Waals surface area contributed by atoms with Gasteiger partial charge in [0.15, 0.2) is 5.75 Å². The van der Waals surface area contributed by atoms with Crippen LogP contribution in [0.25, 0.3) is 11.1 Å². The van der Waals surface area contributed by atoms with Crippen molar-refractivity contribution in [2.45, 2.75) is 38.2 Å². The van der Waals surface area contributed by atoms with Crippen molar-refractivity contribution < 1.29 is 24.1 Å². The van der Waals surface area contributed by atoms with Crippen LogP contribution < -0.4 is 4.89 Å². The molecular formula is C19H19FO4. The Morgan fingerprint density at radius 2 is 1.83 bits per heavy atom. The molecule has 0 amide bonds. The van der Waals surface area contributed by atoms with Crippen molar-refractivity contribution >= 4 is 5.97 Å². The molecule has 0 bridgehead atoms. The van der Waals surface area contributed by atoms with E-state index in [4.69, 9.17) is 9.78 Å². The van der Waals surface area contributed by atoms with E-state index in [0.29, 0.717) is 35.3 Å². The van der Waals surface area contributed by atoms with Crippen molar-refractivity contribution in [3.05, 3.63) is 53.8 Å². The van der Waals surface area contributed by atoms with Crippen LogP contribution in [0, 0.1) is 5.82 Å². The lowest BCUT2D eigenvalue weighted by atomic mass is 9.93. The molecule has 2 aromatic rings. The van der Waals surface area contributed by atoms with Crippen LogP contribution in [-0.4, -0.2) is 17.2 Å². The fourth-order valence-electron chi connectivity index (χ4n) is 2.64. The van der Waals surface area contributed by atoms with Gasteiger partial charge in [-0.1, -0.05) is 24.3 Å². The molecule has 5 heteroatoms. The standard InChI is InChI=1S/C19H19FO4/c1-12(2)23-24-15-6-3-13(4-7-15)16-8-5-14(11-17(16)20)19(9-10-19)18(21)22/h3-8,11-12H,9-10H2,1-2H3,(H,21,22). The number of carbonyl (C=O) groups is 1. The highest BCUT2D eigenvalue weighted by molar-refractivity contribution is 5.85. The Labute approximate surface area is 139 Å². The molecule has 1 saturated carbocycles. The van der Waals surface area contributed by atoms with Gasteiger partial charge >= 0.3 is 5.97 Å². The second-order valence-electron chi connectivity index (χ2n) is 6.33. The number of benzene rings is 2. The summed E-state index contributed by atoms with van der Waals surface area (Å²) in [5, 5.41) is 9.31. The van der Waals surface area contributed by atoms with Crippen LogP contribution in [-0.2, 0) is 15.1 Å². The highest BCUT2D eigenvalue weighted by atomic mass is 19.1. The van der Waals surface area contributed by atoms with Crippen LogP contribution in [0.2, 0.25) is 0 Å². The van der Waals surface area contributed by atoms with E-state index >= 15 is 0 Å². The normalized spacial score (nSPS) is 15.3. The van der Waals surface area contributed by atoms with Crippen molar-refractivity contribution in [3.8, 4) is 16.9 Å². The summed E-state index contributed by atoms with van der Waals surface area (Å²) in [6.45, 7) is 3.71. The number of carboxylic acids is 1. The van der Waals surface area contributed by atoms with Crippen LogP contribution in [0.15, 0.2) is 42.5 Å². The Morgan fingerprint density at radius 1 is 1.17 bits per heavy atom. The summed E-state index contributed by atoms with van der Waals surface area (Å²) in [7, 11) is 0. The van der Waals surface area contributed by atoms with Gasteiger partial charge in [0.25, 0.3) is 0 Å². The molecule has 0 aromatic heterocycles. The molecule has 0 aliphatic heterocycles. The van der Waals surface area contributed by atoms with Gasteiger partial charge in [-0.25, -0.2) is 4.39 Å². The fraction of sp³-hybridized carbons (Fsp3) is 0.316. The summed E-state index contributed by atoms with van der Waals surface area (Å²) in [5.41, 5.74) is 0.750. The third-order valence-corrected chi connectivity index (χ3v) is 4.18. The molecule has 0 atom stereocenters.